The van der Waals surface area contributed by atoms with Crippen LogP contribution in [0.15, 0.2) is 133 Å². The molecule has 0 saturated heterocycles. The SMILES string of the molecule is Cc1c(COc2ccc3c(c2)CCC3=O)cccc1-c1ccccc1.Cc1c(COc2ccc3c(c2)CCC3O)cccc1-c1ccccc1.[B].[H-].[Na+]. The van der Waals surface area contributed by atoms with E-state index in [4.69, 9.17) is 9.47 Å². The molecule has 4 nitrogen and oxygen atoms in total. The van der Waals surface area contributed by atoms with E-state index < -0.39 is 0 Å². The Kier molecular flexibility index (Phi) is 13.4. The number of rotatable bonds is 8. The molecule has 2 aliphatic carbocycles. The maximum absolute atomic E-state index is 11.7. The summed E-state index contributed by atoms with van der Waals surface area (Å²) < 4.78 is 12.1. The molecule has 0 spiro atoms. The molecule has 1 atom stereocenters. The van der Waals surface area contributed by atoms with E-state index in [2.05, 4.69) is 105 Å². The fourth-order valence-electron chi connectivity index (χ4n) is 7.05. The van der Waals surface area contributed by atoms with Crippen molar-refractivity contribution in [1.82, 2.24) is 0 Å². The first-order chi connectivity index (χ1) is 24.4. The molecule has 0 aliphatic heterocycles. The zero-order chi connectivity index (χ0) is 34.5. The Bertz CT molecular complexity index is 2140. The molecule has 6 heteroatoms. The van der Waals surface area contributed by atoms with Crippen LogP contribution < -0.4 is 39.0 Å². The number of ether oxygens (including phenoxy) is 2. The molecule has 0 amide bonds. The van der Waals surface area contributed by atoms with Gasteiger partial charge in [0.25, 0.3) is 0 Å². The quantitative estimate of drug-likeness (QED) is 0.170. The van der Waals surface area contributed by atoms with Gasteiger partial charge in [0, 0.05) is 20.4 Å². The van der Waals surface area contributed by atoms with Crippen LogP contribution >= 0.6 is 0 Å². The van der Waals surface area contributed by atoms with Crippen LogP contribution in [0.2, 0.25) is 0 Å². The number of Topliss-reactive ketones (excluding diaryl/α,β-unsaturated/α-hetero) is 1. The zero-order valence-corrected chi connectivity index (χ0v) is 32.3. The van der Waals surface area contributed by atoms with Crippen molar-refractivity contribution in [3.8, 4) is 33.8 Å². The van der Waals surface area contributed by atoms with E-state index in [1.807, 2.05) is 42.5 Å². The monoisotopic (exact) mass is 693 g/mol. The van der Waals surface area contributed by atoms with Crippen molar-refractivity contribution in [2.24, 2.45) is 0 Å². The van der Waals surface area contributed by atoms with Crippen LogP contribution in [-0.4, -0.2) is 19.3 Å². The molecule has 6 aromatic rings. The summed E-state index contributed by atoms with van der Waals surface area (Å²) in [5.41, 5.74) is 14.0. The van der Waals surface area contributed by atoms with Crippen LogP contribution in [0.4, 0.5) is 0 Å². The number of benzene rings is 6. The standard InChI is InChI=1S/C23H22O2.C23H20O2.B.Na.H/c2*1-16-19(8-5-9-21(16)17-6-3-2-4-7-17)15-25-20-11-12-22-18(14-20)10-13-23(22)24;;;/h2-9,11-12,14,23-24H,10,13,15H2,1H3;2-9,11-12,14H,10,13,15H2,1H3;;;/q;;;+1;-1. The molecule has 52 heavy (non-hydrogen) atoms. The van der Waals surface area contributed by atoms with Crippen molar-refractivity contribution in [2.45, 2.75) is 58.8 Å². The van der Waals surface area contributed by atoms with Gasteiger partial charge >= 0.3 is 29.6 Å². The van der Waals surface area contributed by atoms with Gasteiger partial charge in [0.05, 0.1) is 6.10 Å². The van der Waals surface area contributed by atoms with Crippen LogP contribution in [-0.2, 0) is 26.1 Å². The maximum Gasteiger partial charge on any atom is 1.00 e. The predicted octanol–water partition coefficient (Wildman–Crippen LogP) is 7.33. The molecule has 0 fully saturated rings. The van der Waals surface area contributed by atoms with Crippen LogP contribution in [0.5, 0.6) is 11.5 Å². The van der Waals surface area contributed by atoms with Gasteiger partial charge in [0.15, 0.2) is 5.78 Å². The van der Waals surface area contributed by atoms with Gasteiger partial charge in [-0.2, -0.15) is 0 Å². The van der Waals surface area contributed by atoms with Crippen molar-refractivity contribution in [1.29, 1.82) is 0 Å². The van der Waals surface area contributed by atoms with Gasteiger partial charge in [-0.25, -0.2) is 0 Å². The number of aliphatic hydroxyl groups excluding tert-OH is 1. The fraction of sp³-hybridized carbons (Fsp3) is 0.196. The van der Waals surface area contributed by atoms with E-state index in [1.54, 1.807) is 0 Å². The second-order valence-electron chi connectivity index (χ2n) is 13.1. The Labute approximate surface area is 333 Å². The summed E-state index contributed by atoms with van der Waals surface area (Å²) in [6.45, 7) is 5.37. The van der Waals surface area contributed by atoms with Crippen molar-refractivity contribution in [3.63, 3.8) is 0 Å². The number of ketones is 1. The predicted molar refractivity (Wildman–Crippen MR) is 208 cm³/mol. The fourth-order valence-corrected chi connectivity index (χ4v) is 7.05. The maximum atomic E-state index is 11.7. The van der Waals surface area contributed by atoms with Gasteiger partial charge in [-0.1, -0.05) is 103 Å². The topological polar surface area (TPSA) is 55.8 Å². The average Bonchev–Trinajstić information content (AvgIpc) is 3.72. The minimum absolute atomic E-state index is 0. The van der Waals surface area contributed by atoms with Crippen LogP contribution in [0, 0.1) is 13.8 Å². The van der Waals surface area contributed by atoms with Gasteiger partial charge in [-0.05, 0) is 125 Å². The van der Waals surface area contributed by atoms with Crippen molar-refractivity contribution < 1.29 is 50.4 Å². The van der Waals surface area contributed by atoms with Gasteiger partial charge in [-0.15, -0.1) is 0 Å². The summed E-state index contributed by atoms with van der Waals surface area (Å²) in [5.74, 6) is 1.95. The smallest absolute Gasteiger partial charge is 1.00 e. The average molecular weight is 694 g/mol. The van der Waals surface area contributed by atoms with E-state index in [9.17, 15) is 9.90 Å². The molecule has 0 saturated carbocycles. The van der Waals surface area contributed by atoms with Crippen molar-refractivity contribution in [2.75, 3.05) is 0 Å². The van der Waals surface area contributed by atoms with E-state index >= 15 is 0 Å². The molecule has 1 N–H and O–H groups in total. The van der Waals surface area contributed by atoms with Gasteiger partial charge in [0.1, 0.15) is 24.7 Å². The number of carbonyl (C=O) groups excluding carboxylic acids is 1. The second kappa shape index (κ2) is 17.9. The number of hydrogen-bond donors (Lipinski definition) is 1. The molecule has 1 unspecified atom stereocenters. The third-order valence-corrected chi connectivity index (χ3v) is 10.0. The number of aryl methyl sites for hydroxylation is 2. The normalized spacial score (nSPS) is 13.8. The number of carbonyl (C=O) groups is 1. The van der Waals surface area contributed by atoms with Gasteiger partial charge < -0.3 is 16.0 Å². The number of aliphatic hydroxyl groups is 1. The molecule has 3 radical (unpaired) electrons. The largest absolute Gasteiger partial charge is 1.00 e. The molecule has 0 bridgehead atoms. The van der Waals surface area contributed by atoms with E-state index in [0.29, 0.717) is 19.6 Å². The molecule has 8 rings (SSSR count). The molecular formula is C46H43BNaO4. The Morgan fingerprint density at radius 3 is 1.67 bits per heavy atom. The summed E-state index contributed by atoms with van der Waals surface area (Å²) in [4.78, 5) is 11.7. The minimum Gasteiger partial charge on any atom is -1.00 e. The molecule has 2 aliphatic rings. The molecule has 0 aromatic heterocycles. The first-order valence-electron chi connectivity index (χ1n) is 17.4. The summed E-state index contributed by atoms with van der Waals surface area (Å²) in [6, 6.07) is 45.4. The number of hydrogen-bond acceptors (Lipinski definition) is 4. The third kappa shape index (κ3) is 8.79. The summed E-state index contributed by atoms with van der Waals surface area (Å²) in [5, 5.41) is 9.91. The van der Waals surface area contributed by atoms with E-state index in [-0.39, 0.29) is 51.3 Å². The Morgan fingerprint density at radius 1 is 0.596 bits per heavy atom. The van der Waals surface area contributed by atoms with Crippen LogP contribution in [0.3, 0.4) is 0 Å². The van der Waals surface area contributed by atoms with Crippen molar-refractivity contribution >= 4 is 14.2 Å². The number of fused-ring (bicyclic) bond motifs is 2. The van der Waals surface area contributed by atoms with Gasteiger partial charge in [0.2, 0.25) is 0 Å². The molecule has 0 heterocycles. The Hall–Kier alpha value is -4.39. The Balaban J connectivity index is 0.000000224. The van der Waals surface area contributed by atoms with E-state index in [0.717, 1.165) is 47.5 Å². The second-order valence-corrected chi connectivity index (χ2v) is 13.1. The van der Waals surface area contributed by atoms with E-state index in [1.165, 1.54) is 50.1 Å². The first-order valence-corrected chi connectivity index (χ1v) is 17.4. The zero-order valence-electron chi connectivity index (χ0n) is 31.3. The third-order valence-electron chi connectivity index (χ3n) is 10.0. The summed E-state index contributed by atoms with van der Waals surface area (Å²) in [6.07, 6.45) is 2.88. The van der Waals surface area contributed by atoms with Crippen molar-refractivity contribution in [3.05, 3.63) is 178 Å². The molecule has 255 valence electrons. The van der Waals surface area contributed by atoms with Crippen LogP contribution in [0.25, 0.3) is 22.3 Å². The molecular weight excluding hydrogens is 650 g/mol. The summed E-state index contributed by atoms with van der Waals surface area (Å²) in [7, 11) is 0. The minimum atomic E-state index is -0.311. The summed E-state index contributed by atoms with van der Waals surface area (Å²) >= 11 is 0. The molecule has 6 aromatic carbocycles. The first kappa shape index (κ1) is 38.8. The van der Waals surface area contributed by atoms with Crippen LogP contribution in [0.1, 0.15) is 69.7 Å². The van der Waals surface area contributed by atoms with Gasteiger partial charge in [-0.3, -0.25) is 4.79 Å². The Morgan fingerprint density at radius 2 is 1.12 bits per heavy atom.